The molecule has 0 aromatic rings. The van der Waals surface area contributed by atoms with Gasteiger partial charge in [-0.2, -0.15) is 5.06 Å². The van der Waals surface area contributed by atoms with Crippen molar-refractivity contribution in [1.82, 2.24) is 5.06 Å². The number of hydrogen-bond acceptors (Lipinski definition) is 6. The topological polar surface area (TPSA) is 65.1 Å². The average molecular weight is 301 g/mol. The molecule has 0 aromatic heterocycles. The van der Waals surface area contributed by atoms with E-state index in [1.807, 2.05) is 20.8 Å². The monoisotopic (exact) mass is 301 g/mol. The molecule has 1 fully saturated rings. The highest BCUT2D eigenvalue weighted by Gasteiger charge is 2.56. The molecule has 0 aromatic carbocycles. The molecule has 1 saturated heterocycles. The van der Waals surface area contributed by atoms with Crippen LogP contribution in [-0.4, -0.2) is 47.9 Å². The smallest absolute Gasteiger partial charge is 0.340 e. The van der Waals surface area contributed by atoms with Crippen LogP contribution in [0.15, 0.2) is 0 Å². The predicted octanol–water partition coefficient (Wildman–Crippen LogP) is 2.07. The Labute approximate surface area is 126 Å². The van der Waals surface area contributed by atoms with Crippen LogP contribution in [0.4, 0.5) is 0 Å². The van der Waals surface area contributed by atoms with Crippen LogP contribution in [0.2, 0.25) is 0 Å². The summed E-state index contributed by atoms with van der Waals surface area (Å²) >= 11 is 0. The molecule has 1 rings (SSSR count). The minimum absolute atomic E-state index is 0.212. The normalized spacial score (nSPS) is 19.1. The summed E-state index contributed by atoms with van der Waals surface area (Å²) in [5, 5.41) is 1.46. The summed E-state index contributed by atoms with van der Waals surface area (Å²) < 4.78 is 10.3. The predicted molar refractivity (Wildman–Crippen MR) is 77.4 cm³/mol. The van der Waals surface area contributed by atoms with Gasteiger partial charge >= 0.3 is 11.9 Å². The maximum absolute atomic E-state index is 12.5. The summed E-state index contributed by atoms with van der Waals surface area (Å²) in [6, 6.07) is 0. The van der Waals surface area contributed by atoms with Crippen molar-refractivity contribution < 1.29 is 23.9 Å². The van der Waals surface area contributed by atoms with E-state index >= 15 is 0 Å². The van der Waals surface area contributed by atoms with Crippen LogP contribution in [0.5, 0.6) is 0 Å². The molecule has 0 radical (unpaired) electrons. The molecule has 122 valence electrons. The second kappa shape index (κ2) is 7.22. The SMILES string of the molecule is CCOC(=O)C1(C(=O)OCC)CCCCN1OC(C)(C)C. The molecule has 6 heteroatoms. The van der Waals surface area contributed by atoms with Gasteiger partial charge in [0.2, 0.25) is 5.54 Å². The Morgan fingerprint density at radius 2 is 1.57 bits per heavy atom. The fourth-order valence-electron chi connectivity index (χ4n) is 2.40. The third kappa shape index (κ3) is 4.17. The van der Waals surface area contributed by atoms with E-state index in [0.717, 1.165) is 12.8 Å². The van der Waals surface area contributed by atoms with E-state index in [2.05, 4.69) is 0 Å². The van der Waals surface area contributed by atoms with Gasteiger partial charge in [-0.25, -0.2) is 9.59 Å². The van der Waals surface area contributed by atoms with E-state index in [4.69, 9.17) is 14.3 Å². The van der Waals surface area contributed by atoms with Gasteiger partial charge in [0, 0.05) is 6.54 Å². The van der Waals surface area contributed by atoms with Crippen molar-refractivity contribution >= 4 is 11.9 Å². The zero-order valence-electron chi connectivity index (χ0n) is 13.7. The van der Waals surface area contributed by atoms with Crippen LogP contribution >= 0.6 is 0 Å². The Morgan fingerprint density at radius 3 is 2.00 bits per heavy atom. The summed E-state index contributed by atoms with van der Waals surface area (Å²) in [6.45, 7) is 9.98. The lowest BCUT2D eigenvalue weighted by Crippen LogP contribution is -2.64. The zero-order chi connectivity index (χ0) is 16.1. The Balaban J connectivity index is 3.15. The third-order valence-electron chi connectivity index (χ3n) is 3.19. The zero-order valence-corrected chi connectivity index (χ0v) is 13.7. The Bertz CT molecular complexity index is 357. The number of piperidine rings is 1. The highest BCUT2D eigenvalue weighted by molar-refractivity contribution is 6.04. The van der Waals surface area contributed by atoms with Crippen LogP contribution in [-0.2, 0) is 23.9 Å². The Morgan fingerprint density at radius 1 is 1.05 bits per heavy atom. The molecule has 0 amide bonds. The largest absolute Gasteiger partial charge is 0.464 e. The van der Waals surface area contributed by atoms with Gasteiger partial charge in [0.05, 0.1) is 18.8 Å². The fourth-order valence-corrected chi connectivity index (χ4v) is 2.40. The lowest BCUT2D eigenvalue weighted by atomic mass is 9.88. The maximum atomic E-state index is 12.5. The van der Waals surface area contributed by atoms with Gasteiger partial charge in [-0.15, -0.1) is 0 Å². The molecule has 1 aliphatic heterocycles. The Kier molecular flexibility index (Phi) is 6.16. The molecular weight excluding hydrogens is 274 g/mol. The van der Waals surface area contributed by atoms with Gasteiger partial charge in [-0.1, -0.05) is 0 Å². The standard InChI is InChI=1S/C15H27NO5/c1-6-19-12(17)15(13(18)20-7-2)10-8-9-11-16(15)21-14(3,4)5/h6-11H2,1-5H3. The number of rotatable bonds is 5. The van der Waals surface area contributed by atoms with Crippen molar-refractivity contribution in [2.45, 2.75) is 65.0 Å². The van der Waals surface area contributed by atoms with E-state index in [-0.39, 0.29) is 13.2 Å². The van der Waals surface area contributed by atoms with Crippen molar-refractivity contribution in [3.05, 3.63) is 0 Å². The van der Waals surface area contributed by atoms with Crippen LogP contribution in [0.3, 0.4) is 0 Å². The lowest BCUT2D eigenvalue weighted by molar-refractivity contribution is -0.285. The highest BCUT2D eigenvalue weighted by Crippen LogP contribution is 2.33. The molecule has 1 aliphatic rings. The average Bonchev–Trinajstić information content (AvgIpc) is 2.38. The van der Waals surface area contributed by atoms with Gasteiger partial charge in [-0.3, -0.25) is 4.84 Å². The molecule has 0 aliphatic carbocycles. The third-order valence-corrected chi connectivity index (χ3v) is 3.19. The number of hydroxylamine groups is 2. The first kappa shape index (κ1) is 17.9. The fraction of sp³-hybridized carbons (Fsp3) is 0.867. The first-order chi connectivity index (χ1) is 9.78. The van der Waals surface area contributed by atoms with E-state index in [1.165, 1.54) is 5.06 Å². The molecule has 21 heavy (non-hydrogen) atoms. The van der Waals surface area contributed by atoms with Crippen molar-refractivity contribution in [3.8, 4) is 0 Å². The van der Waals surface area contributed by atoms with Gasteiger partial charge in [0.1, 0.15) is 0 Å². The molecular formula is C15H27NO5. The first-order valence-corrected chi connectivity index (χ1v) is 7.59. The highest BCUT2D eigenvalue weighted by atomic mass is 16.7. The lowest BCUT2D eigenvalue weighted by Gasteiger charge is -2.44. The van der Waals surface area contributed by atoms with Crippen molar-refractivity contribution in [2.24, 2.45) is 0 Å². The van der Waals surface area contributed by atoms with E-state index in [0.29, 0.717) is 13.0 Å². The number of nitrogens with zero attached hydrogens (tertiary/aromatic N) is 1. The van der Waals surface area contributed by atoms with Crippen LogP contribution < -0.4 is 0 Å². The quantitative estimate of drug-likeness (QED) is 0.572. The van der Waals surface area contributed by atoms with Gasteiger partial charge in [0.25, 0.3) is 0 Å². The molecule has 6 nitrogen and oxygen atoms in total. The summed E-state index contributed by atoms with van der Waals surface area (Å²) in [5.41, 5.74) is -2.00. The molecule has 0 atom stereocenters. The molecule has 0 saturated carbocycles. The first-order valence-electron chi connectivity index (χ1n) is 7.59. The van der Waals surface area contributed by atoms with Gasteiger partial charge < -0.3 is 9.47 Å². The van der Waals surface area contributed by atoms with E-state index in [9.17, 15) is 9.59 Å². The molecule has 0 spiro atoms. The van der Waals surface area contributed by atoms with E-state index < -0.39 is 23.1 Å². The van der Waals surface area contributed by atoms with Crippen LogP contribution in [0, 0.1) is 0 Å². The number of ether oxygens (including phenoxy) is 2. The number of esters is 2. The summed E-state index contributed by atoms with van der Waals surface area (Å²) in [6.07, 6.45) is 1.96. The number of hydrogen-bond donors (Lipinski definition) is 0. The minimum atomic E-state index is -1.49. The van der Waals surface area contributed by atoms with Gasteiger partial charge in [-0.05, 0) is 53.9 Å². The molecule has 0 bridgehead atoms. The Hall–Kier alpha value is -1.14. The van der Waals surface area contributed by atoms with Crippen molar-refractivity contribution in [2.75, 3.05) is 19.8 Å². The second-order valence-corrected chi connectivity index (χ2v) is 6.06. The van der Waals surface area contributed by atoms with Crippen LogP contribution in [0.25, 0.3) is 0 Å². The van der Waals surface area contributed by atoms with Crippen LogP contribution in [0.1, 0.15) is 53.9 Å². The maximum Gasteiger partial charge on any atom is 0.340 e. The minimum Gasteiger partial charge on any atom is -0.464 e. The van der Waals surface area contributed by atoms with Crippen molar-refractivity contribution in [1.29, 1.82) is 0 Å². The molecule has 1 heterocycles. The van der Waals surface area contributed by atoms with Crippen molar-refractivity contribution in [3.63, 3.8) is 0 Å². The number of carbonyl (C=O) groups is 2. The molecule has 0 N–H and O–H groups in total. The van der Waals surface area contributed by atoms with E-state index in [1.54, 1.807) is 13.8 Å². The molecule has 0 unspecified atom stereocenters. The second-order valence-electron chi connectivity index (χ2n) is 6.06. The van der Waals surface area contributed by atoms with Gasteiger partial charge in [0.15, 0.2) is 0 Å². The number of carbonyl (C=O) groups excluding carboxylic acids is 2. The summed E-state index contributed by atoms with van der Waals surface area (Å²) in [5.74, 6) is -1.18. The summed E-state index contributed by atoms with van der Waals surface area (Å²) in [7, 11) is 0. The summed E-state index contributed by atoms with van der Waals surface area (Å²) in [4.78, 5) is 30.8.